The van der Waals surface area contributed by atoms with Crippen LogP contribution in [0.1, 0.15) is 32.1 Å². The van der Waals surface area contributed by atoms with Gasteiger partial charge in [0.05, 0.1) is 26.0 Å². The summed E-state index contributed by atoms with van der Waals surface area (Å²) in [5.41, 5.74) is 5.14. The number of nitrogen functional groups attached to an aromatic ring is 1. The topological polar surface area (TPSA) is 384 Å². The summed E-state index contributed by atoms with van der Waals surface area (Å²) in [6, 6.07) is 9.13. The number of phosphoric ester groups is 3. The first-order valence-electron chi connectivity index (χ1n) is 16.7. The van der Waals surface area contributed by atoms with Crippen molar-refractivity contribution in [2.75, 3.05) is 37.8 Å². The molecule has 1 fully saturated rings. The van der Waals surface area contributed by atoms with E-state index >= 15 is 0 Å². The van der Waals surface area contributed by atoms with Crippen LogP contribution in [0, 0.1) is 5.41 Å². The highest BCUT2D eigenvalue weighted by Gasteiger charge is 2.50. The number of nitrogens with zero attached hydrogens (tertiary/aromatic N) is 4. The Morgan fingerprint density at radius 3 is 2.29 bits per heavy atom. The van der Waals surface area contributed by atoms with Crippen LogP contribution >= 0.6 is 36.1 Å². The monoisotopic (exact) mass is 903 g/mol. The fraction of sp³-hybridized carbons (Fsp3) is 0.517. The third-order valence-corrected chi connectivity index (χ3v) is 11.0. The van der Waals surface area contributed by atoms with Crippen molar-refractivity contribution in [1.82, 2.24) is 30.2 Å². The maximum absolute atomic E-state index is 12.6. The zero-order valence-electron chi connectivity index (χ0n) is 30.7. The van der Waals surface area contributed by atoms with Gasteiger partial charge < -0.3 is 56.0 Å². The Bertz CT molecular complexity index is 2010. The number of imidazole rings is 1. The van der Waals surface area contributed by atoms with Crippen LogP contribution in [0.2, 0.25) is 0 Å². The van der Waals surface area contributed by atoms with E-state index < -0.39 is 84.6 Å². The molecule has 4 rings (SSSR count). The van der Waals surface area contributed by atoms with E-state index in [4.69, 9.17) is 24.6 Å². The first-order valence-corrected chi connectivity index (χ1v) is 21.9. The van der Waals surface area contributed by atoms with Crippen molar-refractivity contribution in [3.63, 3.8) is 0 Å². The van der Waals surface area contributed by atoms with Crippen molar-refractivity contribution in [3.8, 4) is 0 Å². The van der Waals surface area contributed by atoms with Gasteiger partial charge in [-0.05, 0) is 5.56 Å². The SMILES string of the molecule is CC(C)(COP(=O)(O)OP(=O)(O)OC[C@H]1O[C@@H](n2cnc3c(N)ncnc32)[C@H](O)[C@@H]1OP(=O)(O)O)[C@@H](O)C(=O)NCCC(=O)NCCS.O=C(O)Cc1ccccc1. The summed E-state index contributed by atoms with van der Waals surface area (Å²) in [7, 11) is -16.3. The predicted octanol–water partition coefficient (Wildman–Crippen LogP) is -0.352. The standard InChI is InChI=1S/C21H36N7O16P3S.C8H8O2/c1-21(2,16(31)19(32)24-4-3-12(29)23-5-6-48)8-41-47(38,39)44-46(36,37)40-7-11-15(43-45(33,34)35)14(30)20(42-11)28-10-27-13-17(22)25-9-26-18(13)28;9-8(10)6-7-4-2-1-3-5-7/h9-11,14-16,20,30-31,48H,3-8H2,1-2H3,(H,23,29)(H,24,32)(H,36,37)(H,38,39)(H2,22,25,26)(H2,33,34,35);1-5H,6H2,(H,9,10)/t11-,14-,15-,16+,20-;/m1./s1. The molecule has 1 aliphatic heterocycles. The molecular formula is C29H44N7O18P3S. The van der Waals surface area contributed by atoms with Crippen molar-refractivity contribution < 1.29 is 85.6 Å². The summed E-state index contributed by atoms with van der Waals surface area (Å²) in [5.74, 6) is -1.73. The number of hydrogen-bond acceptors (Lipinski definition) is 18. The van der Waals surface area contributed by atoms with E-state index in [0.29, 0.717) is 12.3 Å². The summed E-state index contributed by atoms with van der Waals surface area (Å²) < 4.78 is 61.7. The molecule has 29 heteroatoms. The number of aliphatic hydroxyl groups is 2. The molecule has 1 saturated heterocycles. The molecule has 0 spiro atoms. The minimum Gasteiger partial charge on any atom is -0.481 e. The van der Waals surface area contributed by atoms with Gasteiger partial charge in [0.25, 0.3) is 0 Å². The molecule has 7 atom stereocenters. The molecule has 11 N–H and O–H groups in total. The molecule has 1 aliphatic rings. The summed E-state index contributed by atoms with van der Waals surface area (Å²) in [6.07, 6.45) is -6.63. The lowest BCUT2D eigenvalue weighted by molar-refractivity contribution is -0.137. The number of nitrogens with one attached hydrogen (secondary N) is 2. The van der Waals surface area contributed by atoms with E-state index in [9.17, 15) is 57.9 Å². The molecule has 324 valence electrons. The number of aromatic nitrogens is 4. The van der Waals surface area contributed by atoms with E-state index in [-0.39, 0.29) is 42.3 Å². The third kappa shape index (κ3) is 15.3. The van der Waals surface area contributed by atoms with Gasteiger partial charge >= 0.3 is 29.4 Å². The number of phosphoric acid groups is 3. The maximum atomic E-state index is 12.6. The lowest BCUT2D eigenvalue weighted by atomic mass is 9.87. The molecule has 0 aliphatic carbocycles. The Kier molecular flexibility index (Phi) is 17.9. The Morgan fingerprint density at radius 1 is 1.02 bits per heavy atom. The van der Waals surface area contributed by atoms with Crippen molar-refractivity contribution in [1.29, 1.82) is 0 Å². The number of benzene rings is 1. The number of nitrogens with two attached hydrogens (primary N) is 1. The molecule has 2 amide bonds. The van der Waals surface area contributed by atoms with E-state index in [1.54, 1.807) is 12.1 Å². The van der Waals surface area contributed by atoms with Crippen LogP contribution in [0.4, 0.5) is 5.82 Å². The summed E-state index contributed by atoms with van der Waals surface area (Å²) in [5, 5.41) is 34.5. The number of anilines is 1. The predicted molar refractivity (Wildman–Crippen MR) is 201 cm³/mol. The molecule has 1 aromatic carbocycles. The second-order valence-corrected chi connectivity index (χ2v) is 17.5. The highest BCUT2D eigenvalue weighted by Crippen LogP contribution is 2.61. The van der Waals surface area contributed by atoms with Gasteiger partial charge in [0.15, 0.2) is 17.7 Å². The second-order valence-electron chi connectivity index (χ2n) is 12.8. The number of carboxylic acids is 1. The van der Waals surface area contributed by atoms with Crippen molar-refractivity contribution in [2.45, 2.75) is 57.3 Å². The van der Waals surface area contributed by atoms with Gasteiger partial charge in [-0.25, -0.2) is 28.6 Å². The molecule has 0 saturated carbocycles. The van der Waals surface area contributed by atoms with Crippen LogP contribution in [0.3, 0.4) is 0 Å². The molecular weight excluding hydrogens is 859 g/mol. The zero-order chi connectivity index (χ0) is 43.5. The van der Waals surface area contributed by atoms with Crippen LogP contribution in [-0.2, 0) is 57.1 Å². The summed E-state index contributed by atoms with van der Waals surface area (Å²) >= 11 is 3.95. The third-order valence-electron chi connectivity index (χ3n) is 7.71. The van der Waals surface area contributed by atoms with Gasteiger partial charge in [-0.2, -0.15) is 16.9 Å². The van der Waals surface area contributed by atoms with Gasteiger partial charge in [-0.1, -0.05) is 44.2 Å². The van der Waals surface area contributed by atoms with Crippen LogP contribution in [0.15, 0.2) is 43.0 Å². The van der Waals surface area contributed by atoms with Crippen LogP contribution in [-0.4, -0.2) is 129 Å². The zero-order valence-corrected chi connectivity index (χ0v) is 34.2. The quantitative estimate of drug-likeness (QED) is 0.0510. The minimum absolute atomic E-state index is 0.0363. The highest BCUT2D eigenvalue weighted by atomic mass is 32.1. The minimum atomic E-state index is -5.54. The Morgan fingerprint density at radius 2 is 1.67 bits per heavy atom. The maximum Gasteiger partial charge on any atom is 0.481 e. The Labute approximate surface area is 335 Å². The lowest BCUT2D eigenvalue weighted by Gasteiger charge is -2.30. The normalized spacial score (nSPS) is 20.9. The first kappa shape index (κ1) is 48.9. The molecule has 2 unspecified atom stereocenters. The Balaban J connectivity index is 0.000000781. The van der Waals surface area contributed by atoms with E-state index in [1.807, 2.05) is 18.2 Å². The molecule has 2 aromatic heterocycles. The fourth-order valence-electron chi connectivity index (χ4n) is 4.91. The number of thiol groups is 1. The number of carbonyl (C=O) groups excluding carboxylic acids is 2. The van der Waals surface area contributed by atoms with Gasteiger partial charge in [-0.15, -0.1) is 0 Å². The number of ether oxygens (including phenoxy) is 1. The van der Waals surface area contributed by atoms with Gasteiger partial charge in [-0.3, -0.25) is 32.5 Å². The number of carbonyl (C=O) groups is 3. The number of rotatable bonds is 20. The number of hydrogen-bond donors (Lipinski definition) is 11. The van der Waals surface area contributed by atoms with Gasteiger partial charge in [0.1, 0.15) is 36.3 Å². The molecule has 58 heavy (non-hydrogen) atoms. The number of aliphatic hydroxyl groups excluding tert-OH is 2. The average Bonchev–Trinajstić information content (AvgIpc) is 3.69. The van der Waals surface area contributed by atoms with Gasteiger partial charge in [0.2, 0.25) is 11.8 Å². The summed E-state index contributed by atoms with van der Waals surface area (Å²) in [6.45, 7) is 0.723. The summed E-state index contributed by atoms with van der Waals surface area (Å²) in [4.78, 5) is 84.8. The first-order chi connectivity index (χ1) is 26.9. The van der Waals surface area contributed by atoms with Crippen molar-refractivity contribution in [2.24, 2.45) is 5.41 Å². The largest absolute Gasteiger partial charge is 0.481 e. The number of fused-ring (bicyclic) bond motifs is 1. The molecule has 3 heterocycles. The van der Waals surface area contributed by atoms with E-state index in [1.165, 1.54) is 13.8 Å². The van der Waals surface area contributed by atoms with Gasteiger partial charge in [0, 0.05) is 30.7 Å². The van der Waals surface area contributed by atoms with Crippen molar-refractivity contribution >= 4 is 70.9 Å². The molecule has 0 radical (unpaired) electrons. The van der Waals surface area contributed by atoms with Crippen LogP contribution in [0.5, 0.6) is 0 Å². The van der Waals surface area contributed by atoms with E-state index in [2.05, 4.69) is 47.0 Å². The number of carboxylic acid groups (broad SMARTS) is 1. The second kappa shape index (κ2) is 21.2. The lowest BCUT2D eigenvalue weighted by Crippen LogP contribution is -2.46. The van der Waals surface area contributed by atoms with Crippen molar-refractivity contribution in [3.05, 3.63) is 48.5 Å². The van der Waals surface area contributed by atoms with Crippen LogP contribution in [0.25, 0.3) is 11.2 Å². The van der Waals surface area contributed by atoms with E-state index in [0.717, 1.165) is 22.8 Å². The fourth-order valence-corrected chi connectivity index (χ4v) is 7.85. The molecule has 3 aromatic rings. The number of aliphatic carboxylic acids is 1. The number of amides is 2. The average molecular weight is 904 g/mol. The highest BCUT2D eigenvalue weighted by molar-refractivity contribution is 7.80. The smallest absolute Gasteiger partial charge is 0.481 e. The Hall–Kier alpha value is -3.42. The molecule has 0 bridgehead atoms. The van der Waals surface area contributed by atoms with Crippen LogP contribution < -0.4 is 16.4 Å². The molecule has 25 nitrogen and oxygen atoms in total.